The molecule has 0 heterocycles. The van der Waals surface area contributed by atoms with Crippen molar-refractivity contribution in [2.45, 2.75) is 6.18 Å². The van der Waals surface area contributed by atoms with Gasteiger partial charge in [0.2, 0.25) is 0 Å². The number of nitrogens with two attached hydrogens (primary N) is 1. The number of methoxy groups -OCH3 is 1. The molecule has 0 atom stereocenters. The summed E-state index contributed by atoms with van der Waals surface area (Å²) in [4.78, 5) is 0. The molecule has 7 heteroatoms. The molecule has 0 spiro atoms. The second-order valence-electron chi connectivity index (χ2n) is 2.89. The number of nitrogens with zero attached hydrogens (tertiary/aromatic N) is 1. The van der Waals surface area contributed by atoms with Gasteiger partial charge >= 0.3 is 6.18 Å². The second kappa shape index (κ2) is 4.67. The van der Waals surface area contributed by atoms with Crippen molar-refractivity contribution in [3.63, 3.8) is 0 Å². The van der Waals surface area contributed by atoms with Crippen LogP contribution in [0.1, 0.15) is 5.56 Å². The first-order valence-corrected chi connectivity index (χ1v) is 4.57. The molecule has 0 aliphatic rings. The van der Waals surface area contributed by atoms with Crippen LogP contribution in [0.4, 0.5) is 18.9 Å². The van der Waals surface area contributed by atoms with Crippen molar-refractivity contribution in [2.75, 3.05) is 12.1 Å². The summed E-state index contributed by atoms with van der Waals surface area (Å²) in [6.45, 7) is 0. The maximum atomic E-state index is 12.4. The molecular formula is C9H9F3N2OS. The van der Waals surface area contributed by atoms with Gasteiger partial charge in [0.15, 0.2) is 0 Å². The zero-order chi connectivity index (χ0) is 12.3. The summed E-state index contributed by atoms with van der Waals surface area (Å²) in [5.74, 6) is 5.46. The molecule has 0 bridgehead atoms. The van der Waals surface area contributed by atoms with Crippen LogP contribution in [0.2, 0.25) is 0 Å². The third-order valence-electron chi connectivity index (χ3n) is 1.82. The van der Waals surface area contributed by atoms with E-state index < -0.39 is 11.7 Å². The SMILES string of the molecule is COC(=S)N(N)c1cccc(C(F)(F)F)c1. The minimum absolute atomic E-state index is 0.112. The van der Waals surface area contributed by atoms with Crippen LogP contribution < -0.4 is 10.9 Å². The van der Waals surface area contributed by atoms with Gasteiger partial charge in [-0.15, -0.1) is 0 Å². The van der Waals surface area contributed by atoms with E-state index >= 15 is 0 Å². The van der Waals surface area contributed by atoms with Crippen molar-refractivity contribution in [2.24, 2.45) is 5.84 Å². The number of benzene rings is 1. The fraction of sp³-hybridized carbons (Fsp3) is 0.222. The Morgan fingerprint density at radius 3 is 2.56 bits per heavy atom. The molecule has 0 saturated carbocycles. The summed E-state index contributed by atoms with van der Waals surface area (Å²) >= 11 is 4.69. The minimum atomic E-state index is -4.41. The van der Waals surface area contributed by atoms with Gasteiger partial charge in [0, 0.05) is 0 Å². The first-order chi connectivity index (χ1) is 7.36. The molecule has 16 heavy (non-hydrogen) atoms. The van der Waals surface area contributed by atoms with Gasteiger partial charge in [0.1, 0.15) is 0 Å². The van der Waals surface area contributed by atoms with Crippen LogP contribution in [0.15, 0.2) is 24.3 Å². The van der Waals surface area contributed by atoms with Crippen molar-refractivity contribution >= 4 is 23.1 Å². The van der Waals surface area contributed by atoms with E-state index in [1.807, 2.05) is 0 Å². The van der Waals surface area contributed by atoms with Crippen molar-refractivity contribution in [3.05, 3.63) is 29.8 Å². The molecule has 0 amide bonds. The largest absolute Gasteiger partial charge is 0.473 e. The highest BCUT2D eigenvalue weighted by atomic mass is 32.1. The first kappa shape index (κ1) is 12.7. The Bertz CT molecular complexity index is 395. The summed E-state index contributed by atoms with van der Waals surface area (Å²) < 4.78 is 41.8. The van der Waals surface area contributed by atoms with Gasteiger partial charge < -0.3 is 4.74 Å². The van der Waals surface area contributed by atoms with E-state index in [1.165, 1.54) is 19.2 Å². The molecule has 0 aromatic heterocycles. The molecule has 1 aromatic rings. The Hall–Kier alpha value is -1.34. The fourth-order valence-corrected chi connectivity index (χ4v) is 1.14. The number of hydrazine groups is 1. The van der Waals surface area contributed by atoms with Crippen LogP contribution in [0.25, 0.3) is 0 Å². The van der Waals surface area contributed by atoms with E-state index in [2.05, 4.69) is 4.74 Å². The van der Waals surface area contributed by atoms with E-state index in [9.17, 15) is 13.2 Å². The Morgan fingerprint density at radius 1 is 1.44 bits per heavy atom. The number of ether oxygens (including phenoxy) is 1. The molecule has 88 valence electrons. The number of anilines is 1. The van der Waals surface area contributed by atoms with Gasteiger partial charge in [0.25, 0.3) is 5.17 Å². The van der Waals surface area contributed by atoms with Crippen molar-refractivity contribution < 1.29 is 17.9 Å². The fourth-order valence-electron chi connectivity index (χ4n) is 1.04. The summed E-state index contributed by atoms with van der Waals surface area (Å²) in [5.41, 5.74) is -0.680. The quantitative estimate of drug-likeness (QED) is 0.471. The Labute approximate surface area is 95.6 Å². The van der Waals surface area contributed by atoms with E-state index in [-0.39, 0.29) is 10.9 Å². The van der Waals surface area contributed by atoms with E-state index in [4.69, 9.17) is 18.1 Å². The lowest BCUT2D eigenvalue weighted by atomic mass is 10.2. The summed E-state index contributed by atoms with van der Waals surface area (Å²) in [6, 6.07) is 4.50. The average Bonchev–Trinajstić information content (AvgIpc) is 2.26. The third kappa shape index (κ3) is 2.83. The third-order valence-corrected chi connectivity index (χ3v) is 2.19. The first-order valence-electron chi connectivity index (χ1n) is 4.16. The predicted molar refractivity (Wildman–Crippen MR) is 57.7 cm³/mol. The Morgan fingerprint density at radius 2 is 2.06 bits per heavy atom. The molecule has 0 radical (unpaired) electrons. The predicted octanol–water partition coefficient (Wildman–Crippen LogP) is 2.32. The van der Waals surface area contributed by atoms with Crippen LogP contribution in [0.5, 0.6) is 0 Å². The summed E-state index contributed by atoms with van der Waals surface area (Å²) in [7, 11) is 1.29. The lowest BCUT2D eigenvalue weighted by Crippen LogP contribution is -2.37. The lowest BCUT2D eigenvalue weighted by molar-refractivity contribution is -0.137. The highest BCUT2D eigenvalue weighted by molar-refractivity contribution is 7.80. The minimum Gasteiger partial charge on any atom is -0.473 e. The van der Waals surface area contributed by atoms with Crippen molar-refractivity contribution in [1.29, 1.82) is 0 Å². The van der Waals surface area contributed by atoms with Gasteiger partial charge in [-0.3, -0.25) is 0 Å². The molecule has 0 fully saturated rings. The highest BCUT2D eigenvalue weighted by Crippen LogP contribution is 2.31. The van der Waals surface area contributed by atoms with Gasteiger partial charge in [-0.1, -0.05) is 6.07 Å². The molecule has 0 aliphatic carbocycles. The number of alkyl halides is 3. The molecular weight excluding hydrogens is 241 g/mol. The van der Waals surface area contributed by atoms with Crippen molar-refractivity contribution in [3.8, 4) is 0 Å². The normalized spacial score (nSPS) is 11.1. The van der Waals surface area contributed by atoms with Crippen LogP contribution in [-0.2, 0) is 10.9 Å². The molecule has 2 N–H and O–H groups in total. The summed E-state index contributed by atoms with van der Waals surface area (Å²) in [6.07, 6.45) is -4.41. The monoisotopic (exact) mass is 250 g/mol. The smallest absolute Gasteiger partial charge is 0.416 e. The average molecular weight is 250 g/mol. The van der Waals surface area contributed by atoms with E-state index in [1.54, 1.807) is 0 Å². The summed E-state index contributed by atoms with van der Waals surface area (Å²) in [5, 5.41) is 0.754. The number of halogens is 3. The molecule has 0 aliphatic heterocycles. The molecule has 1 rings (SSSR count). The zero-order valence-corrected chi connectivity index (χ0v) is 9.10. The highest BCUT2D eigenvalue weighted by Gasteiger charge is 2.30. The Balaban J connectivity index is 3.04. The standard InChI is InChI=1S/C9H9F3N2OS/c1-15-8(16)14(13)7-4-2-3-6(5-7)9(10,11)12/h2-5H,13H2,1H3. The van der Waals surface area contributed by atoms with Gasteiger partial charge in [-0.2, -0.15) is 13.2 Å². The maximum Gasteiger partial charge on any atom is 0.416 e. The Kier molecular flexibility index (Phi) is 3.71. The van der Waals surface area contributed by atoms with E-state index in [0.717, 1.165) is 17.1 Å². The number of hydrogen-bond donors (Lipinski definition) is 1. The van der Waals surface area contributed by atoms with Crippen LogP contribution in [0.3, 0.4) is 0 Å². The number of hydrogen-bond acceptors (Lipinski definition) is 3. The topological polar surface area (TPSA) is 38.5 Å². The number of thiocarbonyl (C=S) groups is 1. The second-order valence-corrected chi connectivity index (χ2v) is 3.24. The van der Waals surface area contributed by atoms with Crippen molar-refractivity contribution in [1.82, 2.24) is 0 Å². The van der Waals surface area contributed by atoms with Gasteiger partial charge in [0.05, 0.1) is 18.4 Å². The zero-order valence-electron chi connectivity index (χ0n) is 8.28. The molecule has 0 unspecified atom stereocenters. The van der Waals surface area contributed by atoms with Gasteiger partial charge in [-0.05, 0) is 30.4 Å². The molecule has 1 aromatic carbocycles. The van der Waals surface area contributed by atoms with E-state index in [0.29, 0.717) is 0 Å². The van der Waals surface area contributed by atoms with Crippen LogP contribution in [0, 0.1) is 0 Å². The lowest BCUT2D eigenvalue weighted by Gasteiger charge is -2.18. The maximum absolute atomic E-state index is 12.4. The van der Waals surface area contributed by atoms with Gasteiger partial charge in [-0.25, -0.2) is 10.9 Å². The molecule has 0 saturated heterocycles. The van der Waals surface area contributed by atoms with Crippen LogP contribution in [-0.4, -0.2) is 12.3 Å². The van der Waals surface area contributed by atoms with Crippen LogP contribution >= 0.6 is 12.2 Å². The number of rotatable bonds is 1. The molecule has 3 nitrogen and oxygen atoms in total.